The van der Waals surface area contributed by atoms with Crippen molar-refractivity contribution in [2.24, 2.45) is 11.3 Å². The maximum atomic E-state index is 12.1. The van der Waals surface area contributed by atoms with Crippen molar-refractivity contribution in [3.05, 3.63) is 27.4 Å². The molecule has 1 aromatic heterocycles. The van der Waals surface area contributed by atoms with Crippen LogP contribution in [-0.2, 0) is 11.3 Å². The Kier molecular flexibility index (Phi) is 3.48. The average molecular weight is 278 g/mol. The molecule has 5 nitrogen and oxygen atoms in total. The van der Waals surface area contributed by atoms with Crippen LogP contribution in [0, 0.1) is 25.2 Å². The summed E-state index contributed by atoms with van der Waals surface area (Å²) in [5.41, 5.74) is 1.92. The van der Waals surface area contributed by atoms with Crippen molar-refractivity contribution in [2.45, 2.75) is 53.5 Å². The Morgan fingerprint density at radius 3 is 2.50 bits per heavy atom. The molecule has 0 aromatic carbocycles. The van der Waals surface area contributed by atoms with Crippen LogP contribution >= 0.6 is 0 Å². The molecule has 0 radical (unpaired) electrons. The number of carboxylic acids is 1. The fourth-order valence-electron chi connectivity index (χ4n) is 2.89. The average Bonchev–Trinajstić information content (AvgIpc) is 2.91. The van der Waals surface area contributed by atoms with E-state index in [0.717, 1.165) is 12.1 Å². The van der Waals surface area contributed by atoms with Crippen molar-refractivity contribution in [1.82, 2.24) is 9.55 Å². The van der Waals surface area contributed by atoms with Crippen LogP contribution in [0.15, 0.2) is 4.79 Å². The van der Waals surface area contributed by atoms with E-state index in [1.165, 1.54) is 0 Å². The van der Waals surface area contributed by atoms with Crippen molar-refractivity contribution in [3.8, 4) is 0 Å². The summed E-state index contributed by atoms with van der Waals surface area (Å²) in [5, 5.41) is 9.21. The second-order valence-corrected chi connectivity index (χ2v) is 6.54. The van der Waals surface area contributed by atoms with Gasteiger partial charge in [-0.05, 0) is 38.5 Å². The fraction of sp³-hybridized carbons (Fsp3) is 0.667. The van der Waals surface area contributed by atoms with Crippen LogP contribution in [-0.4, -0.2) is 20.6 Å². The lowest BCUT2D eigenvalue weighted by Gasteiger charge is -2.18. The smallest absolute Gasteiger partial charge is 0.347 e. The summed E-state index contributed by atoms with van der Waals surface area (Å²) >= 11 is 0. The second kappa shape index (κ2) is 4.72. The number of carbonyl (C=O) groups is 1. The molecule has 1 aliphatic rings. The topological polar surface area (TPSA) is 72.2 Å². The third-order valence-electron chi connectivity index (χ3n) is 4.60. The van der Waals surface area contributed by atoms with E-state index >= 15 is 0 Å². The first-order chi connectivity index (χ1) is 9.15. The van der Waals surface area contributed by atoms with Crippen molar-refractivity contribution in [2.75, 3.05) is 0 Å². The third-order valence-corrected chi connectivity index (χ3v) is 4.60. The van der Waals surface area contributed by atoms with Gasteiger partial charge in [0, 0.05) is 23.5 Å². The number of hydrogen-bond acceptors (Lipinski definition) is 3. The van der Waals surface area contributed by atoms with Crippen molar-refractivity contribution < 1.29 is 9.90 Å². The van der Waals surface area contributed by atoms with E-state index in [0.29, 0.717) is 23.7 Å². The zero-order valence-corrected chi connectivity index (χ0v) is 12.7. The summed E-state index contributed by atoms with van der Waals surface area (Å²) in [6, 6.07) is 0. The van der Waals surface area contributed by atoms with Crippen LogP contribution in [0.1, 0.15) is 50.1 Å². The molecule has 1 N–H and O–H groups in total. The van der Waals surface area contributed by atoms with Crippen LogP contribution in [0.25, 0.3) is 0 Å². The van der Waals surface area contributed by atoms with Gasteiger partial charge in [0.05, 0.1) is 5.92 Å². The Bertz CT molecular complexity index is 616. The molecule has 20 heavy (non-hydrogen) atoms. The Morgan fingerprint density at radius 1 is 1.50 bits per heavy atom. The summed E-state index contributed by atoms with van der Waals surface area (Å²) in [6.07, 6.45) is 1.09. The van der Waals surface area contributed by atoms with Crippen LogP contribution in [0.3, 0.4) is 0 Å². The van der Waals surface area contributed by atoms with Gasteiger partial charge in [0.25, 0.3) is 0 Å². The summed E-state index contributed by atoms with van der Waals surface area (Å²) in [5.74, 6) is -1.08. The SMILES string of the molecule is Cc1nc(=O)n(CC2CC2(C)C)c(C)c1C(C)C(=O)O. The van der Waals surface area contributed by atoms with Gasteiger partial charge >= 0.3 is 11.7 Å². The number of rotatable bonds is 4. The molecular weight excluding hydrogens is 256 g/mol. The number of nitrogens with zero attached hydrogens (tertiary/aromatic N) is 2. The van der Waals surface area contributed by atoms with E-state index in [4.69, 9.17) is 0 Å². The van der Waals surface area contributed by atoms with Crippen LogP contribution in [0.4, 0.5) is 0 Å². The van der Waals surface area contributed by atoms with Crippen LogP contribution < -0.4 is 5.69 Å². The minimum absolute atomic E-state index is 0.273. The highest BCUT2D eigenvalue weighted by Gasteiger charge is 2.45. The minimum atomic E-state index is -0.894. The summed E-state index contributed by atoms with van der Waals surface area (Å²) < 4.78 is 1.64. The summed E-state index contributed by atoms with van der Waals surface area (Å²) in [4.78, 5) is 27.3. The standard InChI is InChI=1S/C15H22N2O3/c1-8(13(18)19)12-9(2)16-14(20)17(10(12)3)7-11-6-15(11,4)5/h8,11H,6-7H2,1-5H3,(H,18,19). The van der Waals surface area contributed by atoms with Crippen molar-refractivity contribution >= 4 is 5.97 Å². The molecule has 1 aliphatic carbocycles. The molecule has 0 spiro atoms. The van der Waals surface area contributed by atoms with E-state index in [1.807, 2.05) is 6.92 Å². The molecule has 1 fully saturated rings. The van der Waals surface area contributed by atoms with Gasteiger partial charge < -0.3 is 5.11 Å². The molecule has 2 atom stereocenters. The number of carboxylic acid groups (broad SMARTS) is 1. The number of aliphatic carboxylic acids is 1. The molecule has 0 aliphatic heterocycles. The van der Waals surface area contributed by atoms with Gasteiger partial charge in [0.1, 0.15) is 0 Å². The Hall–Kier alpha value is -1.65. The van der Waals surface area contributed by atoms with Gasteiger partial charge in [0.2, 0.25) is 0 Å². The second-order valence-electron chi connectivity index (χ2n) is 6.54. The first kappa shape index (κ1) is 14.8. The Morgan fingerprint density at radius 2 is 2.05 bits per heavy atom. The number of aryl methyl sites for hydroxylation is 1. The first-order valence-corrected chi connectivity index (χ1v) is 6.96. The molecule has 1 heterocycles. The zero-order chi connectivity index (χ0) is 15.2. The normalized spacial score (nSPS) is 21.6. The van der Waals surface area contributed by atoms with E-state index in [1.54, 1.807) is 18.4 Å². The van der Waals surface area contributed by atoms with Gasteiger partial charge in [-0.15, -0.1) is 0 Å². The highest BCUT2D eigenvalue weighted by atomic mass is 16.4. The molecule has 5 heteroatoms. The lowest BCUT2D eigenvalue weighted by Crippen LogP contribution is -2.30. The highest BCUT2D eigenvalue weighted by Crippen LogP contribution is 2.52. The first-order valence-electron chi connectivity index (χ1n) is 6.96. The highest BCUT2D eigenvalue weighted by molar-refractivity contribution is 5.76. The van der Waals surface area contributed by atoms with E-state index < -0.39 is 11.9 Å². The van der Waals surface area contributed by atoms with Crippen molar-refractivity contribution in [1.29, 1.82) is 0 Å². The zero-order valence-electron chi connectivity index (χ0n) is 12.7. The van der Waals surface area contributed by atoms with Crippen LogP contribution in [0.5, 0.6) is 0 Å². The summed E-state index contributed by atoms with van der Waals surface area (Å²) in [7, 11) is 0. The van der Waals surface area contributed by atoms with E-state index in [2.05, 4.69) is 18.8 Å². The quantitative estimate of drug-likeness (QED) is 0.915. The molecule has 110 valence electrons. The van der Waals surface area contributed by atoms with Crippen molar-refractivity contribution in [3.63, 3.8) is 0 Å². The van der Waals surface area contributed by atoms with Gasteiger partial charge in [-0.25, -0.2) is 4.79 Å². The fourth-order valence-corrected chi connectivity index (χ4v) is 2.89. The maximum absolute atomic E-state index is 12.1. The minimum Gasteiger partial charge on any atom is -0.481 e. The molecule has 1 saturated carbocycles. The third kappa shape index (κ3) is 2.49. The molecular formula is C15H22N2O3. The lowest BCUT2D eigenvalue weighted by atomic mass is 9.98. The number of hydrogen-bond donors (Lipinski definition) is 1. The molecule has 0 saturated heterocycles. The lowest BCUT2D eigenvalue weighted by molar-refractivity contribution is -0.138. The Labute approximate surface area is 118 Å². The largest absolute Gasteiger partial charge is 0.481 e. The molecule has 0 amide bonds. The van der Waals surface area contributed by atoms with E-state index in [9.17, 15) is 14.7 Å². The number of aromatic nitrogens is 2. The summed E-state index contributed by atoms with van der Waals surface area (Å²) in [6.45, 7) is 10.1. The Balaban J connectivity index is 2.45. The molecule has 0 bridgehead atoms. The van der Waals surface area contributed by atoms with Gasteiger partial charge in [-0.2, -0.15) is 4.98 Å². The van der Waals surface area contributed by atoms with E-state index in [-0.39, 0.29) is 11.1 Å². The predicted octanol–water partition coefficient (Wildman–Crippen LogP) is 2.09. The van der Waals surface area contributed by atoms with Gasteiger partial charge in [0.15, 0.2) is 0 Å². The van der Waals surface area contributed by atoms with Crippen LogP contribution in [0.2, 0.25) is 0 Å². The molecule has 2 unspecified atom stereocenters. The monoisotopic (exact) mass is 278 g/mol. The molecule has 1 aromatic rings. The van der Waals surface area contributed by atoms with Gasteiger partial charge in [-0.1, -0.05) is 13.8 Å². The van der Waals surface area contributed by atoms with Gasteiger partial charge in [-0.3, -0.25) is 9.36 Å². The molecule has 2 rings (SSSR count). The maximum Gasteiger partial charge on any atom is 0.347 e. The predicted molar refractivity (Wildman–Crippen MR) is 75.9 cm³/mol.